The van der Waals surface area contributed by atoms with Gasteiger partial charge >= 0.3 is 6.09 Å². The van der Waals surface area contributed by atoms with Gasteiger partial charge in [-0.25, -0.2) is 4.79 Å². The molecule has 0 spiro atoms. The summed E-state index contributed by atoms with van der Waals surface area (Å²) in [5, 5.41) is 0. The molecule has 2 aliphatic rings. The van der Waals surface area contributed by atoms with Gasteiger partial charge in [-0.1, -0.05) is 0 Å². The van der Waals surface area contributed by atoms with Gasteiger partial charge in [0.1, 0.15) is 11.9 Å². The number of rotatable bonds is 1. The summed E-state index contributed by atoms with van der Waals surface area (Å²) in [4.78, 5) is 24.2. The first-order chi connectivity index (χ1) is 6.92. The number of amides is 1. The van der Waals surface area contributed by atoms with E-state index in [1.54, 1.807) is 4.90 Å². The monoisotopic (exact) mass is 211 g/mol. The van der Waals surface area contributed by atoms with E-state index in [9.17, 15) is 9.59 Å². The summed E-state index contributed by atoms with van der Waals surface area (Å²) in [5.74, 6) is 0.535. The minimum atomic E-state index is -0.489. The molecule has 2 fully saturated rings. The molecule has 0 aromatic carbocycles. The van der Waals surface area contributed by atoms with Crippen molar-refractivity contribution in [2.24, 2.45) is 5.92 Å². The molecular weight excluding hydrogens is 194 g/mol. The highest BCUT2D eigenvalue weighted by molar-refractivity contribution is 5.76. The van der Waals surface area contributed by atoms with Crippen molar-refractivity contribution >= 4 is 12.4 Å². The number of ether oxygens (including phenoxy) is 1. The van der Waals surface area contributed by atoms with E-state index in [0.29, 0.717) is 5.92 Å². The van der Waals surface area contributed by atoms with Gasteiger partial charge in [-0.3, -0.25) is 4.90 Å². The lowest BCUT2D eigenvalue weighted by atomic mass is 10.2. The van der Waals surface area contributed by atoms with E-state index < -0.39 is 5.60 Å². The van der Waals surface area contributed by atoms with E-state index in [-0.39, 0.29) is 18.2 Å². The first-order valence-electron chi connectivity index (χ1n) is 5.39. The van der Waals surface area contributed by atoms with Crippen molar-refractivity contribution in [2.45, 2.75) is 51.3 Å². The van der Waals surface area contributed by atoms with Crippen LogP contribution in [0.2, 0.25) is 0 Å². The topological polar surface area (TPSA) is 46.6 Å². The second kappa shape index (κ2) is 3.22. The van der Waals surface area contributed by atoms with E-state index in [0.717, 1.165) is 19.1 Å². The van der Waals surface area contributed by atoms with Gasteiger partial charge in [-0.15, -0.1) is 0 Å². The van der Waals surface area contributed by atoms with Gasteiger partial charge in [0.05, 0.1) is 6.04 Å². The molecule has 1 heterocycles. The van der Waals surface area contributed by atoms with Gasteiger partial charge < -0.3 is 9.53 Å². The number of fused-ring (bicyclic) bond motifs is 1. The zero-order chi connectivity index (χ0) is 11.2. The largest absolute Gasteiger partial charge is 0.444 e. The summed E-state index contributed by atoms with van der Waals surface area (Å²) in [7, 11) is 0. The molecule has 1 amide bonds. The van der Waals surface area contributed by atoms with Crippen LogP contribution in [0.3, 0.4) is 0 Å². The van der Waals surface area contributed by atoms with Crippen molar-refractivity contribution in [3.63, 3.8) is 0 Å². The lowest BCUT2D eigenvalue weighted by molar-refractivity contribution is -0.112. The Bertz CT molecular complexity index is 295. The number of aldehydes is 1. The molecule has 1 aliphatic carbocycles. The smallest absolute Gasteiger partial charge is 0.411 e. The van der Waals surface area contributed by atoms with Gasteiger partial charge in [0.2, 0.25) is 0 Å². The summed E-state index contributed by atoms with van der Waals surface area (Å²) in [6.45, 7) is 5.50. The highest BCUT2D eigenvalue weighted by Crippen LogP contribution is 2.47. The molecule has 0 unspecified atom stereocenters. The maximum absolute atomic E-state index is 11.8. The van der Waals surface area contributed by atoms with Crippen molar-refractivity contribution in [3.05, 3.63) is 0 Å². The normalized spacial score (nSPS) is 33.5. The summed E-state index contributed by atoms with van der Waals surface area (Å²) in [6.07, 6.45) is 2.36. The molecule has 1 saturated carbocycles. The molecule has 84 valence electrons. The molecule has 0 aromatic rings. The number of piperidine rings is 1. The standard InChI is InChI=1S/C11H17NO3/c1-11(2,3)15-10(14)12-8(6-13)4-7-5-9(7)12/h6-9H,4-5H2,1-3H3/t7-,8+,9+/m1/s1. The predicted molar refractivity (Wildman–Crippen MR) is 54.4 cm³/mol. The first kappa shape index (κ1) is 10.5. The third-order valence-corrected chi connectivity index (χ3v) is 2.91. The van der Waals surface area contributed by atoms with Gasteiger partial charge in [-0.2, -0.15) is 0 Å². The van der Waals surface area contributed by atoms with Crippen LogP contribution in [0.25, 0.3) is 0 Å². The fourth-order valence-electron chi connectivity index (χ4n) is 2.20. The van der Waals surface area contributed by atoms with Crippen LogP contribution in [-0.4, -0.2) is 35.0 Å². The Hall–Kier alpha value is -1.06. The predicted octanol–water partition coefficient (Wildman–Crippen LogP) is 1.58. The van der Waals surface area contributed by atoms with Crippen molar-refractivity contribution < 1.29 is 14.3 Å². The Labute approximate surface area is 89.6 Å². The zero-order valence-electron chi connectivity index (χ0n) is 9.40. The number of likely N-dealkylation sites (tertiary alicyclic amines) is 1. The third-order valence-electron chi connectivity index (χ3n) is 2.91. The van der Waals surface area contributed by atoms with Gasteiger partial charge in [0.25, 0.3) is 0 Å². The minimum absolute atomic E-state index is 0.259. The number of hydrogen-bond donors (Lipinski definition) is 0. The van der Waals surface area contributed by atoms with Crippen LogP contribution in [0.1, 0.15) is 33.6 Å². The van der Waals surface area contributed by atoms with Crippen LogP contribution in [-0.2, 0) is 9.53 Å². The van der Waals surface area contributed by atoms with E-state index in [1.165, 1.54) is 0 Å². The summed E-state index contributed by atoms with van der Waals surface area (Å²) >= 11 is 0. The summed E-state index contributed by atoms with van der Waals surface area (Å²) in [6, 6.07) is -0.00125. The zero-order valence-corrected chi connectivity index (χ0v) is 9.40. The Kier molecular flexibility index (Phi) is 2.24. The number of carbonyl (C=O) groups excluding carboxylic acids is 2. The van der Waals surface area contributed by atoms with Gasteiger partial charge in [0.15, 0.2) is 0 Å². The summed E-state index contributed by atoms with van der Waals surface area (Å²) in [5.41, 5.74) is -0.489. The highest BCUT2D eigenvalue weighted by Gasteiger charge is 2.54. The molecule has 4 heteroatoms. The van der Waals surface area contributed by atoms with Gasteiger partial charge in [-0.05, 0) is 39.5 Å². The molecule has 0 radical (unpaired) electrons. The number of hydrogen-bond acceptors (Lipinski definition) is 3. The maximum Gasteiger partial charge on any atom is 0.411 e. The number of carbonyl (C=O) groups is 2. The first-order valence-corrected chi connectivity index (χ1v) is 5.39. The van der Waals surface area contributed by atoms with Crippen LogP contribution < -0.4 is 0 Å². The van der Waals surface area contributed by atoms with Crippen molar-refractivity contribution in [2.75, 3.05) is 0 Å². The average molecular weight is 211 g/mol. The van der Waals surface area contributed by atoms with Gasteiger partial charge in [0, 0.05) is 6.04 Å². The van der Waals surface area contributed by atoms with E-state index in [2.05, 4.69) is 0 Å². The second-order valence-corrected chi connectivity index (χ2v) is 5.39. The van der Waals surface area contributed by atoms with E-state index >= 15 is 0 Å². The highest BCUT2D eigenvalue weighted by atomic mass is 16.6. The van der Waals surface area contributed by atoms with Crippen molar-refractivity contribution in [1.82, 2.24) is 4.90 Å². The molecule has 15 heavy (non-hydrogen) atoms. The van der Waals surface area contributed by atoms with Crippen LogP contribution in [0.5, 0.6) is 0 Å². The SMILES string of the molecule is CC(C)(C)OC(=O)N1[C@H](C=O)C[C@@H]2C[C@@H]21. The quantitative estimate of drug-likeness (QED) is 0.619. The molecule has 1 aliphatic heterocycles. The fraction of sp³-hybridized carbons (Fsp3) is 0.818. The third kappa shape index (κ3) is 1.98. The molecule has 0 N–H and O–H groups in total. The molecule has 0 aromatic heterocycles. The summed E-state index contributed by atoms with van der Waals surface area (Å²) < 4.78 is 5.28. The minimum Gasteiger partial charge on any atom is -0.444 e. The Morgan fingerprint density at radius 1 is 1.40 bits per heavy atom. The lowest BCUT2D eigenvalue weighted by Crippen LogP contribution is -2.42. The molecular formula is C11H17NO3. The van der Waals surface area contributed by atoms with Crippen molar-refractivity contribution in [1.29, 1.82) is 0 Å². The fourth-order valence-corrected chi connectivity index (χ4v) is 2.20. The average Bonchev–Trinajstić information content (AvgIpc) is 2.73. The van der Waals surface area contributed by atoms with Crippen molar-refractivity contribution in [3.8, 4) is 0 Å². The van der Waals surface area contributed by atoms with Crippen LogP contribution in [0, 0.1) is 5.92 Å². The van der Waals surface area contributed by atoms with Crippen LogP contribution in [0.15, 0.2) is 0 Å². The molecule has 3 atom stereocenters. The van der Waals surface area contributed by atoms with Crippen LogP contribution in [0.4, 0.5) is 4.79 Å². The molecule has 0 bridgehead atoms. The molecule has 4 nitrogen and oxygen atoms in total. The van der Waals surface area contributed by atoms with E-state index in [1.807, 2.05) is 20.8 Å². The Morgan fingerprint density at radius 3 is 2.60 bits per heavy atom. The van der Waals surface area contributed by atoms with E-state index in [4.69, 9.17) is 4.74 Å². The Morgan fingerprint density at radius 2 is 2.07 bits per heavy atom. The Balaban J connectivity index is 2.02. The molecule has 1 saturated heterocycles. The lowest BCUT2D eigenvalue weighted by Gasteiger charge is -2.28. The second-order valence-electron chi connectivity index (χ2n) is 5.39. The molecule has 2 rings (SSSR count). The number of nitrogens with zero attached hydrogens (tertiary/aromatic N) is 1. The van der Waals surface area contributed by atoms with Crippen LogP contribution >= 0.6 is 0 Å². The maximum atomic E-state index is 11.8.